The van der Waals surface area contributed by atoms with Gasteiger partial charge in [0.05, 0.1) is 0 Å². The van der Waals surface area contributed by atoms with Crippen LogP contribution in [0.2, 0.25) is 0 Å². The molecule has 0 amide bonds. The molecule has 4 heteroatoms. The zero-order chi connectivity index (χ0) is 14.4. The first-order chi connectivity index (χ1) is 10.2. The maximum atomic E-state index is 12.0. The molecule has 4 rings (SSSR count). The Morgan fingerprint density at radius 2 is 1.57 bits per heavy atom. The Morgan fingerprint density at radius 1 is 1.05 bits per heavy atom. The number of benzene rings is 2. The van der Waals surface area contributed by atoms with Crippen molar-refractivity contribution < 1.29 is 9.53 Å². The van der Waals surface area contributed by atoms with Gasteiger partial charge in [0.25, 0.3) is 0 Å². The van der Waals surface area contributed by atoms with Crippen LogP contribution in [0, 0.1) is 0 Å². The normalized spacial score (nSPS) is 18.0. The molecule has 0 atom stereocenters. The lowest BCUT2D eigenvalue weighted by molar-refractivity contribution is -0.143. The largest absolute Gasteiger partial charge is 0.463 e. The van der Waals surface area contributed by atoms with Crippen molar-refractivity contribution in [2.45, 2.75) is 16.9 Å². The van der Waals surface area contributed by atoms with E-state index < -0.39 is 0 Å². The number of esters is 1. The molecule has 0 bridgehead atoms. The predicted octanol–water partition coefficient (Wildman–Crippen LogP) is 4.45. The van der Waals surface area contributed by atoms with Gasteiger partial charge in [0, 0.05) is 5.92 Å². The van der Waals surface area contributed by atoms with Crippen molar-refractivity contribution in [2.75, 3.05) is 6.61 Å². The highest BCUT2D eigenvalue weighted by Gasteiger charge is 2.50. The SMILES string of the molecule is CC1(C(=O)OCC2c3ccccc3-c3ccccc32)SS1. The number of ether oxygens (including phenoxy) is 1. The van der Waals surface area contributed by atoms with Crippen molar-refractivity contribution in [3.8, 4) is 11.1 Å². The van der Waals surface area contributed by atoms with Gasteiger partial charge in [0.15, 0.2) is 4.08 Å². The molecule has 1 aliphatic heterocycles. The number of rotatable bonds is 3. The summed E-state index contributed by atoms with van der Waals surface area (Å²) in [6, 6.07) is 16.8. The summed E-state index contributed by atoms with van der Waals surface area (Å²) in [5, 5.41) is 0. The first kappa shape index (κ1) is 13.3. The lowest BCUT2D eigenvalue weighted by Gasteiger charge is -2.15. The number of hydrogen-bond donors (Lipinski definition) is 0. The Balaban J connectivity index is 1.64. The second-order valence-electron chi connectivity index (χ2n) is 5.44. The van der Waals surface area contributed by atoms with Crippen molar-refractivity contribution in [3.63, 3.8) is 0 Å². The fraction of sp³-hybridized carbons (Fsp3) is 0.235. The number of fused-ring (bicyclic) bond motifs is 3. The van der Waals surface area contributed by atoms with Crippen LogP contribution in [0.4, 0.5) is 0 Å². The molecule has 21 heavy (non-hydrogen) atoms. The predicted molar refractivity (Wildman–Crippen MR) is 88.3 cm³/mol. The summed E-state index contributed by atoms with van der Waals surface area (Å²) in [6.45, 7) is 2.34. The lowest BCUT2D eigenvalue weighted by atomic mass is 9.98. The smallest absolute Gasteiger partial charge is 0.334 e. The molecule has 2 aromatic rings. The van der Waals surface area contributed by atoms with Crippen LogP contribution in [0.3, 0.4) is 0 Å². The molecule has 0 spiro atoms. The van der Waals surface area contributed by atoms with Crippen LogP contribution in [-0.4, -0.2) is 16.7 Å². The maximum absolute atomic E-state index is 12.0. The van der Waals surface area contributed by atoms with Crippen molar-refractivity contribution in [1.29, 1.82) is 0 Å². The monoisotopic (exact) mass is 314 g/mol. The molecule has 0 N–H and O–H groups in total. The van der Waals surface area contributed by atoms with E-state index in [9.17, 15) is 4.79 Å². The number of carbonyl (C=O) groups is 1. The molecule has 0 unspecified atom stereocenters. The summed E-state index contributed by atoms with van der Waals surface area (Å²) in [5.41, 5.74) is 5.03. The van der Waals surface area contributed by atoms with Gasteiger partial charge in [-0.3, -0.25) is 0 Å². The molecule has 0 radical (unpaired) electrons. The second-order valence-corrected chi connectivity index (χ2v) is 8.66. The minimum Gasteiger partial charge on any atom is -0.463 e. The van der Waals surface area contributed by atoms with E-state index in [1.54, 1.807) is 21.6 Å². The molecule has 1 fully saturated rings. The Kier molecular flexibility index (Phi) is 3.05. The average molecular weight is 314 g/mol. The van der Waals surface area contributed by atoms with E-state index in [1.807, 2.05) is 19.1 Å². The maximum Gasteiger partial charge on any atom is 0.334 e. The molecule has 2 aromatic carbocycles. The van der Waals surface area contributed by atoms with Gasteiger partial charge < -0.3 is 4.74 Å². The zero-order valence-corrected chi connectivity index (χ0v) is 13.2. The zero-order valence-electron chi connectivity index (χ0n) is 11.5. The molecule has 1 aliphatic carbocycles. The molecular weight excluding hydrogens is 300 g/mol. The van der Waals surface area contributed by atoms with Crippen LogP contribution in [0.25, 0.3) is 11.1 Å². The van der Waals surface area contributed by atoms with E-state index in [0.29, 0.717) is 6.61 Å². The van der Waals surface area contributed by atoms with Gasteiger partial charge in [-0.25, -0.2) is 4.79 Å². The third-order valence-electron chi connectivity index (χ3n) is 4.05. The summed E-state index contributed by atoms with van der Waals surface area (Å²) in [7, 11) is 3.15. The Labute approximate surface area is 131 Å². The minimum atomic E-state index is -0.377. The van der Waals surface area contributed by atoms with E-state index in [2.05, 4.69) is 36.4 Å². The third kappa shape index (κ3) is 2.17. The fourth-order valence-corrected chi connectivity index (χ4v) is 4.02. The van der Waals surface area contributed by atoms with E-state index in [4.69, 9.17) is 4.74 Å². The quantitative estimate of drug-likeness (QED) is 0.475. The molecule has 2 nitrogen and oxygen atoms in total. The third-order valence-corrected chi connectivity index (χ3v) is 7.05. The molecule has 0 saturated carbocycles. The van der Waals surface area contributed by atoms with Crippen LogP contribution in [0.15, 0.2) is 48.5 Å². The Morgan fingerprint density at radius 3 is 2.10 bits per heavy atom. The molecule has 1 saturated heterocycles. The first-order valence-electron chi connectivity index (χ1n) is 6.91. The summed E-state index contributed by atoms with van der Waals surface area (Å²) in [4.78, 5) is 12.0. The Bertz CT molecular complexity index is 677. The molecule has 2 aliphatic rings. The summed E-state index contributed by atoms with van der Waals surface area (Å²) < 4.78 is 5.21. The summed E-state index contributed by atoms with van der Waals surface area (Å²) in [5.74, 6) is 0.0399. The summed E-state index contributed by atoms with van der Waals surface area (Å²) >= 11 is 0. The number of carbonyl (C=O) groups excluding carboxylic acids is 1. The second kappa shape index (κ2) is 4.82. The number of hydrogen-bond acceptors (Lipinski definition) is 4. The van der Waals surface area contributed by atoms with Gasteiger partial charge >= 0.3 is 5.97 Å². The highest BCUT2D eigenvalue weighted by Crippen LogP contribution is 2.65. The molecule has 1 heterocycles. The van der Waals surface area contributed by atoms with E-state index >= 15 is 0 Å². The van der Waals surface area contributed by atoms with Crippen LogP contribution >= 0.6 is 21.6 Å². The van der Waals surface area contributed by atoms with Crippen LogP contribution in [0.1, 0.15) is 24.0 Å². The lowest BCUT2D eigenvalue weighted by Crippen LogP contribution is -2.22. The van der Waals surface area contributed by atoms with Gasteiger partial charge in [0.2, 0.25) is 0 Å². The van der Waals surface area contributed by atoms with Crippen molar-refractivity contribution >= 4 is 27.6 Å². The standard InChI is InChI=1S/C17H14O2S2/c1-17(20-21-17)16(18)19-10-15-13-8-4-2-6-11(13)12-7-3-5-9-14(12)15/h2-9,15H,10H2,1H3. The van der Waals surface area contributed by atoms with Crippen LogP contribution < -0.4 is 0 Å². The van der Waals surface area contributed by atoms with Gasteiger partial charge in [-0.15, -0.1) is 0 Å². The highest BCUT2D eigenvalue weighted by molar-refractivity contribution is 8.94. The van der Waals surface area contributed by atoms with Gasteiger partial charge in [0.1, 0.15) is 6.61 Å². The first-order valence-corrected chi connectivity index (χ1v) is 9.06. The molecule has 106 valence electrons. The van der Waals surface area contributed by atoms with Crippen LogP contribution in [0.5, 0.6) is 0 Å². The molecular formula is C17H14O2S2. The van der Waals surface area contributed by atoms with E-state index in [0.717, 1.165) is 0 Å². The topological polar surface area (TPSA) is 26.3 Å². The molecule has 0 aromatic heterocycles. The fourth-order valence-electron chi connectivity index (χ4n) is 2.86. The van der Waals surface area contributed by atoms with Crippen molar-refractivity contribution in [1.82, 2.24) is 0 Å². The van der Waals surface area contributed by atoms with E-state index in [-0.39, 0.29) is 16.0 Å². The Hall–Kier alpha value is -1.39. The van der Waals surface area contributed by atoms with Gasteiger partial charge in [-0.05, 0) is 29.2 Å². The highest BCUT2D eigenvalue weighted by atomic mass is 33.2. The van der Waals surface area contributed by atoms with Crippen molar-refractivity contribution in [2.24, 2.45) is 0 Å². The van der Waals surface area contributed by atoms with Gasteiger partial charge in [-0.2, -0.15) is 0 Å². The average Bonchev–Trinajstić information content (AvgIpc) is 3.19. The summed E-state index contributed by atoms with van der Waals surface area (Å²) in [6.07, 6.45) is 0. The van der Waals surface area contributed by atoms with Gasteiger partial charge in [-0.1, -0.05) is 70.1 Å². The van der Waals surface area contributed by atoms with Crippen LogP contribution in [-0.2, 0) is 9.53 Å². The van der Waals surface area contributed by atoms with Crippen molar-refractivity contribution in [3.05, 3.63) is 59.7 Å². The minimum absolute atomic E-state index is 0.112. The van der Waals surface area contributed by atoms with E-state index in [1.165, 1.54) is 22.3 Å².